The predicted molar refractivity (Wildman–Crippen MR) is 115 cm³/mol. The third kappa shape index (κ3) is 3.61. The summed E-state index contributed by atoms with van der Waals surface area (Å²) >= 11 is 0. The maximum atomic E-state index is 11.7. The fourth-order valence-electron chi connectivity index (χ4n) is 4.42. The van der Waals surface area contributed by atoms with E-state index in [1.807, 2.05) is 18.3 Å². The lowest BCUT2D eigenvalue weighted by molar-refractivity contribution is 0.139. The van der Waals surface area contributed by atoms with Gasteiger partial charge in [0.15, 0.2) is 0 Å². The van der Waals surface area contributed by atoms with Crippen LogP contribution in [0.4, 0.5) is 0 Å². The lowest BCUT2D eigenvalue weighted by Crippen LogP contribution is -2.33. The second-order valence-corrected chi connectivity index (χ2v) is 9.03. The van der Waals surface area contributed by atoms with Gasteiger partial charge in [0.25, 0.3) is 0 Å². The van der Waals surface area contributed by atoms with E-state index in [0.29, 0.717) is 6.04 Å². The Bertz CT molecular complexity index is 994. The Labute approximate surface area is 169 Å². The predicted octanol–water partition coefficient (Wildman–Crippen LogP) is 4.95. The summed E-state index contributed by atoms with van der Waals surface area (Å²) in [5.41, 5.74) is 4.96. The Hall–Kier alpha value is -2.11. The number of ether oxygens (including phenoxy) is 1. The van der Waals surface area contributed by atoms with Gasteiger partial charge < -0.3 is 9.72 Å². The minimum atomic E-state index is -0.934. The fraction of sp³-hybridized carbons (Fsp3) is 0.391. The van der Waals surface area contributed by atoms with E-state index < -0.39 is 10.8 Å². The van der Waals surface area contributed by atoms with Gasteiger partial charge in [-0.25, -0.2) is 0 Å². The number of methoxy groups -OCH3 is 1. The first-order valence-electron chi connectivity index (χ1n) is 9.89. The van der Waals surface area contributed by atoms with Crippen LogP contribution in [-0.2, 0) is 17.3 Å². The molecule has 1 saturated heterocycles. The second-order valence-electron chi connectivity index (χ2n) is 7.65. The normalized spacial score (nSPS) is 19.0. The fourth-order valence-corrected chi connectivity index (χ4v) is 4.94. The molecule has 28 heavy (non-hydrogen) atoms. The van der Waals surface area contributed by atoms with E-state index in [2.05, 4.69) is 41.1 Å². The number of nitrogens with zero attached hydrogens (tertiary/aromatic N) is 1. The molecule has 2 atom stereocenters. The molecule has 4 rings (SSSR count). The van der Waals surface area contributed by atoms with Gasteiger partial charge >= 0.3 is 0 Å². The Balaban J connectivity index is 1.68. The molecular formula is C23H28N2O2S. The number of piperidine rings is 1. The number of aromatic nitrogens is 1. The Morgan fingerprint density at radius 1 is 1.21 bits per heavy atom. The highest BCUT2D eigenvalue weighted by Gasteiger charge is 2.26. The molecule has 2 unspecified atom stereocenters. The number of likely N-dealkylation sites (tertiary alicyclic amines) is 1. The highest BCUT2D eigenvalue weighted by atomic mass is 32.2. The van der Waals surface area contributed by atoms with Crippen molar-refractivity contribution in [1.29, 1.82) is 0 Å². The minimum Gasteiger partial charge on any atom is -0.496 e. The summed E-state index contributed by atoms with van der Waals surface area (Å²) in [4.78, 5) is 6.83. The molecular weight excluding hydrogens is 368 g/mol. The van der Waals surface area contributed by atoms with Gasteiger partial charge in [0.2, 0.25) is 0 Å². The van der Waals surface area contributed by atoms with Crippen LogP contribution in [0.5, 0.6) is 5.75 Å². The van der Waals surface area contributed by atoms with Crippen LogP contribution >= 0.6 is 0 Å². The molecule has 2 aromatic carbocycles. The van der Waals surface area contributed by atoms with E-state index in [-0.39, 0.29) is 0 Å². The lowest BCUT2D eigenvalue weighted by Gasteiger charge is -2.36. The molecule has 4 nitrogen and oxygen atoms in total. The molecule has 1 N–H and O–H groups in total. The van der Waals surface area contributed by atoms with Gasteiger partial charge in [0.05, 0.1) is 7.11 Å². The third-order valence-corrected chi connectivity index (χ3v) is 6.84. The first-order valence-corrected chi connectivity index (χ1v) is 11.5. The zero-order valence-electron chi connectivity index (χ0n) is 16.8. The van der Waals surface area contributed by atoms with Crippen molar-refractivity contribution in [2.24, 2.45) is 0 Å². The molecule has 1 aromatic heterocycles. The summed E-state index contributed by atoms with van der Waals surface area (Å²) in [5, 5.41) is 1.25. The number of aryl methyl sites for hydroxylation is 1. The zero-order valence-corrected chi connectivity index (χ0v) is 17.6. The molecule has 148 valence electrons. The van der Waals surface area contributed by atoms with Crippen LogP contribution in [0.15, 0.2) is 47.5 Å². The summed E-state index contributed by atoms with van der Waals surface area (Å²) in [7, 11) is 0.824. The molecule has 0 amide bonds. The number of hydrogen-bond donors (Lipinski definition) is 1. The highest BCUT2D eigenvalue weighted by molar-refractivity contribution is 7.84. The van der Waals surface area contributed by atoms with Crippen LogP contribution in [0, 0.1) is 6.92 Å². The monoisotopic (exact) mass is 396 g/mol. The third-order valence-electron chi connectivity index (χ3n) is 5.90. The average Bonchev–Trinajstić information content (AvgIpc) is 3.21. The highest BCUT2D eigenvalue weighted by Crippen LogP contribution is 2.37. The van der Waals surface area contributed by atoms with Crippen molar-refractivity contribution in [3.05, 3.63) is 59.3 Å². The van der Waals surface area contributed by atoms with Gasteiger partial charge in [0, 0.05) is 57.2 Å². The summed E-state index contributed by atoms with van der Waals surface area (Å²) in [6.45, 7) is 4.06. The SMILES string of the molecule is COc1cc(C)c2[nH]ccc2c1CN1CCCCC1c1ccc(S(C)=O)cc1. The first kappa shape index (κ1) is 19.2. The molecule has 0 aliphatic carbocycles. The number of benzene rings is 2. The Morgan fingerprint density at radius 2 is 2.00 bits per heavy atom. The van der Waals surface area contributed by atoms with Gasteiger partial charge in [-0.05, 0) is 61.7 Å². The zero-order chi connectivity index (χ0) is 19.7. The van der Waals surface area contributed by atoms with E-state index in [1.54, 1.807) is 13.4 Å². The molecule has 0 saturated carbocycles. The summed E-state index contributed by atoms with van der Waals surface area (Å²) in [6, 6.07) is 13.0. The van der Waals surface area contributed by atoms with Crippen molar-refractivity contribution in [2.75, 3.05) is 19.9 Å². The van der Waals surface area contributed by atoms with Gasteiger partial charge in [-0.15, -0.1) is 0 Å². The number of H-pyrrole nitrogens is 1. The van der Waals surface area contributed by atoms with Crippen LogP contribution in [0.3, 0.4) is 0 Å². The Morgan fingerprint density at radius 3 is 2.71 bits per heavy atom. The maximum absolute atomic E-state index is 11.7. The van der Waals surface area contributed by atoms with E-state index in [1.165, 1.54) is 40.4 Å². The van der Waals surface area contributed by atoms with Crippen molar-refractivity contribution in [1.82, 2.24) is 9.88 Å². The molecule has 3 aromatic rings. The van der Waals surface area contributed by atoms with E-state index in [9.17, 15) is 4.21 Å². The standard InChI is InChI=1S/C23H28N2O2S/c1-16-14-22(27-2)20(19-11-12-24-23(16)19)15-25-13-5-4-6-21(25)17-7-9-18(10-8-17)28(3)26/h7-12,14,21,24H,4-6,13,15H2,1-3H3. The summed E-state index contributed by atoms with van der Waals surface area (Å²) < 4.78 is 17.5. The summed E-state index contributed by atoms with van der Waals surface area (Å²) in [5.74, 6) is 0.964. The lowest BCUT2D eigenvalue weighted by atomic mass is 9.94. The van der Waals surface area contributed by atoms with Crippen molar-refractivity contribution in [2.45, 2.75) is 43.7 Å². The Kier molecular flexibility index (Phi) is 5.56. The van der Waals surface area contributed by atoms with Gasteiger partial charge in [-0.2, -0.15) is 0 Å². The van der Waals surface area contributed by atoms with Crippen LogP contribution in [0.25, 0.3) is 10.9 Å². The minimum absolute atomic E-state index is 0.382. The maximum Gasteiger partial charge on any atom is 0.124 e. The number of rotatable bonds is 5. The van der Waals surface area contributed by atoms with Crippen molar-refractivity contribution in [3.63, 3.8) is 0 Å². The molecule has 0 bridgehead atoms. The van der Waals surface area contributed by atoms with Crippen molar-refractivity contribution < 1.29 is 8.95 Å². The molecule has 0 spiro atoms. The van der Waals surface area contributed by atoms with E-state index >= 15 is 0 Å². The van der Waals surface area contributed by atoms with Crippen molar-refractivity contribution >= 4 is 21.7 Å². The van der Waals surface area contributed by atoms with Gasteiger partial charge in [0.1, 0.15) is 5.75 Å². The van der Waals surface area contributed by atoms with Crippen LogP contribution in [0.2, 0.25) is 0 Å². The van der Waals surface area contributed by atoms with Gasteiger partial charge in [-0.3, -0.25) is 9.11 Å². The van der Waals surface area contributed by atoms with E-state index in [0.717, 1.165) is 30.2 Å². The van der Waals surface area contributed by atoms with E-state index in [4.69, 9.17) is 4.74 Å². The topological polar surface area (TPSA) is 45.3 Å². The molecule has 5 heteroatoms. The molecule has 1 aliphatic rings. The van der Waals surface area contributed by atoms with Crippen LogP contribution in [0.1, 0.15) is 42.0 Å². The molecule has 1 fully saturated rings. The number of hydrogen-bond acceptors (Lipinski definition) is 3. The van der Waals surface area contributed by atoms with Gasteiger partial charge in [-0.1, -0.05) is 18.6 Å². The van der Waals surface area contributed by atoms with Crippen molar-refractivity contribution in [3.8, 4) is 5.75 Å². The first-order chi connectivity index (χ1) is 13.6. The second kappa shape index (κ2) is 8.10. The molecule has 2 heterocycles. The molecule has 1 aliphatic heterocycles. The van der Waals surface area contributed by atoms with Crippen LogP contribution in [-0.4, -0.2) is 34.0 Å². The number of nitrogens with one attached hydrogen (secondary N) is 1. The average molecular weight is 397 g/mol. The number of fused-ring (bicyclic) bond motifs is 1. The largest absolute Gasteiger partial charge is 0.496 e. The molecule has 0 radical (unpaired) electrons. The van der Waals surface area contributed by atoms with Crippen LogP contribution < -0.4 is 4.74 Å². The quantitative estimate of drug-likeness (QED) is 0.664. The summed E-state index contributed by atoms with van der Waals surface area (Å²) in [6.07, 6.45) is 7.36. The smallest absolute Gasteiger partial charge is 0.124 e. The number of aromatic amines is 1.